The first-order valence-corrected chi connectivity index (χ1v) is 7.34. The van der Waals surface area contributed by atoms with Crippen molar-refractivity contribution < 1.29 is 4.79 Å². The molecule has 19 heavy (non-hydrogen) atoms. The maximum atomic E-state index is 12.2. The van der Waals surface area contributed by atoms with Crippen LogP contribution in [-0.4, -0.2) is 42.0 Å². The highest BCUT2D eigenvalue weighted by Crippen LogP contribution is 2.20. The van der Waals surface area contributed by atoms with E-state index in [2.05, 4.69) is 16.0 Å². The lowest BCUT2D eigenvalue weighted by Crippen LogP contribution is -2.50. The number of rotatable bonds is 3. The van der Waals surface area contributed by atoms with E-state index in [1.165, 1.54) is 0 Å². The summed E-state index contributed by atoms with van der Waals surface area (Å²) < 4.78 is 0. The summed E-state index contributed by atoms with van der Waals surface area (Å²) in [5, 5.41) is 12.0. The topological polar surface area (TPSA) is 60.2 Å². The summed E-state index contributed by atoms with van der Waals surface area (Å²) in [6.07, 6.45) is 1.79. The minimum atomic E-state index is -0.522. The van der Waals surface area contributed by atoms with E-state index < -0.39 is 5.92 Å². The summed E-state index contributed by atoms with van der Waals surface area (Å²) in [4.78, 5) is 20.5. The van der Waals surface area contributed by atoms with Crippen LogP contribution in [0.15, 0.2) is 11.6 Å². The molecule has 2 heterocycles. The van der Waals surface area contributed by atoms with E-state index in [0.29, 0.717) is 13.1 Å². The van der Waals surface area contributed by atoms with Gasteiger partial charge in [-0.1, -0.05) is 13.8 Å². The Morgan fingerprint density at radius 1 is 1.42 bits per heavy atom. The van der Waals surface area contributed by atoms with Crippen LogP contribution in [0, 0.1) is 23.2 Å². The van der Waals surface area contributed by atoms with Crippen LogP contribution in [0.3, 0.4) is 0 Å². The number of hydrogen-bond acceptors (Lipinski definition) is 5. The Bertz CT molecular complexity index is 457. The van der Waals surface area contributed by atoms with Crippen molar-refractivity contribution in [3.8, 4) is 6.07 Å². The van der Waals surface area contributed by atoms with E-state index in [9.17, 15) is 4.79 Å². The van der Waals surface area contributed by atoms with E-state index >= 15 is 0 Å². The van der Waals surface area contributed by atoms with Crippen molar-refractivity contribution in [1.29, 1.82) is 5.26 Å². The third-order valence-electron chi connectivity index (χ3n) is 3.35. The molecule has 1 unspecified atom stereocenters. The van der Waals surface area contributed by atoms with Crippen LogP contribution in [0.2, 0.25) is 0 Å². The molecule has 0 aliphatic carbocycles. The Hall–Kier alpha value is -1.61. The first kappa shape index (κ1) is 13.8. The molecule has 0 aromatic carbocycles. The number of anilines is 1. The maximum absolute atomic E-state index is 12.2. The zero-order valence-electron chi connectivity index (χ0n) is 11.2. The van der Waals surface area contributed by atoms with E-state index in [-0.39, 0.29) is 11.8 Å². The molecule has 0 saturated carbocycles. The fourth-order valence-corrected chi connectivity index (χ4v) is 2.87. The number of carbonyl (C=O) groups is 1. The molecule has 102 valence electrons. The lowest BCUT2D eigenvalue weighted by molar-refractivity contribution is -0.135. The summed E-state index contributed by atoms with van der Waals surface area (Å²) in [6, 6.07) is 2.12. The molecule has 1 aliphatic heterocycles. The predicted octanol–water partition coefficient (Wildman–Crippen LogP) is 1.59. The van der Waals surface area contributed by atoms with Crippen LogP contribution in [-0.2, 0) is 4.79 Å². The summed E-state index contributed by atoms with van der Waals surface area (Å²) in [5.41, 5.74) is 0. The first-order valence-electron chi connectivity index (χ1n) is 6.46. The van der Waals surface area contributed by atoms with Crippen molar-refractivity contribution >= 4 is 22.4 Å². The van der Waals surface area contributed by atoms with Crippen molar-refractivity contribution in [2.24, 2.45) is 11.8 Å². The predicted molar refractivity (Wildman–Crippen MR) is 74.8 cm³/mol. The van der Waals surface area contributed by atoms with Gasteiger partial charge in [0.25, 0.3) is 0 Å². The van der Waals surface area contributed by atoms with Crippen molar-refractivity contribution in [3.05, 3.63) is 11.6 Å². The molecule has 5 nitrogen and oxygen atoms in total. The van der Waals surface area contributed by atoms with Gasteiger partial charge in [-0.05, 0) is 5.92 Å². The number of amides is 1. The van der Waals surface area contributed by atoms with Gasteiger partial charge in [0.1, 0.15) is 5.92 Å². The fraction of sp³-hybridized carbons (Fsp3) is 0.615. The van der Waals surface area contributed by atoms with Gasteiger partial charge >= 0.3 is 0 Å². The second kappa shape index (κ2) is 6.02. The summed E-state index contributed by atoms with van der Waals surface area (Å²) in [7, 11) is 0. The van der Waals surface area contributed by atoms with E-state index in [0.717, 1.165) is 18.2 Å². The Morgan fingerprint density at radius 3 is 2.58 bits per heavy atom. The number of carbonyl (C=O) groups excluding carboxylic acids is 1. The standard InChI is InChI=1S/C13H18N4OS/c1-10(2)11(9-14)12(18)16-4-6-17(7-5-16)13-15-3-8-19-13/h3,8,10-11H,4-7H2,1-2H3. The van der Waals surface area contributed by atoms with Crippen LogP contribution in [0.4, 0.5) is 5.13 Å². The minimum absolute atomic E-state index is 0.0312. The Labute approximate surface area is 117 Å². The average Bonchev–Trinajstić information content (AvgIpc) is 2.93. The molecule has 1 fully saturated rings. The first-order chi connectivity index (χ1) is 9.13. The molecule has 0 bridgehead atoms. The van der Waals surface area contributed by atoms with Crippen molar-refractivity contribution in [2.45, 2.75) is 13.8 Å². The number of nitrogens with zero attached hydrogens (tertiary/aromatic N) is 4. The Kier molecular flexibility index (Phi) is 4.38. The van der Waals surface area contributed by atoms with Crippen LogP contribution in [0.1, 0.15) is 13.8 Å². The zero-order valence-corrected chi connectivity index (χ0v) is 12.1. The average molecular weight is 278 g/mol. The minimum Gasteiger partial charge on any atom is -0.345 e. The molecule has 0 spiro atoms. The van der Waals surface area contributed by atoms with Gasteiger partial charge in [0.2, 0.25) is 5.91 Å². The van der Waals surface area contributed by atoms with Gasteiger partial charge in [-0.2, -0.15) is 5.26 Å². The van der Waals surface area contributed by atoms with Crippen LogP contribution >= 0.6 is 11.3 Å². The molecule has 1 atom stereocenters. The van der Waals surface area contributed by atoms with Crippen LogP contribution in [0.5, 0.6) is 0 Å². The number of hydrogen-bond donors (Lipinski definition) is 0. The number of thiazole rings is 1. The monoisotopic (exact) mass is 278 g/mol. The molecular weight excluding hydrogens is 260 g/mol. The Balaban J connectivity index is 1.93. The quantitative estimate of drug-likeness (QED) is 0.842. The number of piperazine rings is 1. The third kappa shape index (κ3) is 3.04. The van der Waals surface area contributed by atoms with Crippen LogP contribution in [0.25, 0.3) is 0 Å². The normalized spacial score (nSPS) is 17.4. The van der Waals surface area contributed by atoms with E-state index in [1.54, 1.807) is 22.4 Å². The molecule has 6 heteroatoms. The molecule has 1 aliphatic rings. The fourth-order valence-electron chi connectivity index (χ4n) is 2.18. The van der Waals surface area contributed by atoms with Gasteiger partial charge in [0.15, 0.2) is 5.13 Å². The maximum Gasteiger partial charge on any atom is 0.240 e. The number of aromatic nitrogens is 1. The van der Waals surface area contributed by atoms with Crippen molar-refractivity contribution in [3.63, 3.8) is 0 Å². The SMILES string of the molecule is CC(C)C(C#N)C(=O)N1CCN(c2nccs2)CC1. The molecule has 1 amide bonds. The van der Waals surface area contributed by atoms with Gasteiger partial charge < -0.3 is 9.80 Å². The highest BCUT2D eigenvalue weighted by molar-refractivity contribution is 7.13. The molecule has 2 rings (SSSR count). The van der Waals surface area contributed by atoms with Gasteiger partial charge in [0, 0.05) is 37.8 Å². The molecule has 0 radical (unpaired) electrons. The molecule has 1 aromatic rings. The van der Waals surface area contributed by atoms with Gasteiger partial charge in [-0.15, -0.1) is 11.3 Å². The second-order valence-corrected chi connectivity index (χ2v) is 5.85. The van der Waals surface area contributed by atoms with Gasteiger partial charge in [-0.3, -0.25) is 4.79 Å². The van der Waals surface area contributed by atoms with E-state index in [4.69, 9.17) is 5.26 Å². The van der Waals surface area contributed by atoms with Crippen molar-refractivity contribution in [2.75, 3.05) is 31.1 Å². The Morgan fingerprint density at radius 2 is 2.11 bits per heavy atom. The number of nitriles is 1. The highest BCUT2D eigenvalue weighted by Gasteiger charge is 2.29. The third-order valence-corrected chi connectivity index (χ3v) is 4.19. The van der Waals surface area contributed by atoms with E-state index in [1.807, 2.05) is 19.2 Å². The lowest BCUT2D eigenvalue weighted by Gasteiger charge is -2.35. The molecule has 1 saturated heterocycles. The largest absolute Gasteiger partial charge is 0.345 e. The highest BCUT2D eigenvalue weighted by atomic mass is 32.1. The van der Waals surface area contributed by atoms with Gasteiger partial charge in [0.05, 0.1) is 6.07 Å². The molecule has 1 aromatic heterocycles. The van der Waals surface area contributed by atoms with Crippen LogP contribution < -0.4 is 4.90 Å². The zero-order chi connectivity index (χ0) is 13.8. The van der Waals surface area contributed by atoms with Crippen molar-refractivity contribution in [1.82, 2.24) is 9.88 Å². The second-order valence-electron chi connectivity index (χ2n) is 4.98. The van der Waals surface area contributed by atoms with Gasteiger partial charge in [-0.25, -0.2) is 4.98 Å². The smallest absolute Gasteiger partial charge is 0.240 e. The molecular formula is C13H18N4OS. The summed E-state index contributed by atoms with van der Waals surface area (Å²) in [5.74, 6) is -0.489. The summed E-state index contributed by atoms with van der Waals surface area (Å²) in [6.45, 7) is 6.74. The lowest BCUT2D eigenvalue weighted by atomic mass is 9.96. The molecule has 0 N–H and O–H groups in total. The summed E-state index contributed by atoms with van der Waals surface area (Å²) >= 11 is 1.61.